The highest BCUT2D eigenvalue weighted by atomic mass is 35.5. The second-order valence-electron chi connectivity index (χ2n) is 6.34. The largest absolute Gasteiger partial charge is 0.493 e. The van der Waals surface area contributed by atoms with Gasteiger partial charge in [-0.25, -0.2) is 14.4 Å². The molecular weight excluding hydrogens is 446 g/mol. The van der Waals surface area contributed by atoms with E-state index in [4.69, 9.17) is 50.4 Å². The van der Waals surface area contributed by atoms with Crippen LogP contribution < -0.4 is 14.2 Å². The standard InChI is InChI=1S/C19H30ClNO5.C2H2O4/c1-5-21(10-8-6-7-9-20)11-12-26-19(22)15-13-16(23-2)18(25-4)17(14-15)24-3;3-1(4)2(5)6/h13-14H,5-12H2,1-4H3;(H,3,4)(H,5,6). The van der Waals surface area contributed by atoms with Gasteiger partial charge >= 0.3 is 17.9 Å². The number of benzene rings is 1. The van der Waals surface area contributed by atoms with Crippen LogP contribution in [0.5, 0.6) is 17.2 Å². The lowest BCUT2D eigenvalue weighted by molar-refractivity contribution is -0.159. The van der Waals surface area contributed by atoms with Gasteiger partial charge in [-0.2, -0.15) is 0 Å². The van der Waals surface area contributed by atoms with Crippen LogP contribution in [0.2, 0.25) is 0 Å². The summed E-state index contributed by atoms with van der Waals surface area (Å²) in [6, 6.07) is 3.18. The molecule has 0 aliphatic rings. The zero-order chi connectivity index (χ0) is 24.5. The van der Waals surface area contributed by atoms with Crippen LogP contribution in [0.25, 0.3) is 0 Å². The fourth-order valence-corrected chi connectivity index (χ4v) is 2.77. The van der Waals surface area contributed by atoms with Crippen molar-refractivity contribution in [2.24, 2.45) is 0 Å². The summed E-state index contributed by atoms with van der Waals surface area (Å²) in [6.07, 6.45) is 3.25. The van der Waals surface area contributed by atoms with Gasteiger partial charge in [-0.3, -0.25) is 0 Å². The highest BCUT2D eigenvalue weighted by molar-refractivity contribution is 6.27. The van der Waals surface area contributed by atoms with E-state index in [0.717, 1.165) is 32.4 Å². The van der Waals surface area contributed by atoms with Crippen LogP contribution in [0.3, 0.4) is 0 Å². The van der Waals surface area contributed by atoms with Crippen molar-refractivity contribution in [1.82, 2.24) is 4.90 Å². The Hall–Kier alpha value is -2.72. The van der Waals surface area contributed by atoms with Crippen LogP contribution in [-0.4, -0.2) is 86.5 Å². The molecule has 0 aromatic heterocycles. The van der Waals surface area contributed by atoms with Crippen LogP contribution in [-0.2, 0) is 14.3 Å². The smallest absolute Gasteiger partial charge is 0.414 e. The molecule has 0 radical (unpaired) electrons. The number of methoxy groups -OCH3 is 3. The highest BCUT2D eigenvalue weighted by Gasteiger charge is 2.18. The van der Waals surface area contributed by atoms with Crippen molar-refractivity contribution in [2.75, 3.05) is 53.5 Å². The predicted molar refractivity (Wildman–Crippen MR) is 118 cm³/mol. The number of unbranched alkanes of at least 4 members (excludes halogenated alkanes) is 2. The topological polar surface area (TPSA) is 132 Å². The first kappa shape index (κ1) is 29.3. The van der Waals surface area contributed by atoms with Crippen LogP contribution in [0, 0.1) is 0 Å². The van der Waals surface area contributed by atoms with Crippen molar-refractivity contribution in [1.29, 1.82) is 0 Å². The summed E-state index contributed by atoms with van der Waals surface area (Å²) < 4.78 is 21.2. The highest BCUT2D eigenvalue weighted by Crippen LogP contribution is 2.38. The number of ether oxygens (including phenoxy) is 4. The van der Waals surface area contributed by atoms with Gasteiger partial charge in [0, 0.05) is 12.4 Å². The first-order valence-electron chi connectivity index (χ1n) is 9.97. The second kappa shape index (κ2) is 16.9. The third-order valence-electron chi connectivity index (χ3n) is 4.28. The number of hydrogen-bond donors (Lipinski definition) is 2. The number of esters is 1. The number of carbonyl (C=O) groups is 3. The van der Waals surface area contributed by atoms with Crippen molar-refractivity contribution in [2.45, 2.75) is 26.2 Å². The fraction of sp³-hybridized carbons (Fsp3) is 0.571. The molecule has 2 N–H and O–H groups in total. The number of halogens is 1. The molecule has 10 nitrogen and oxygen atoms in total. The van der Waals surface area contributed by atoms with Gasteiger partial charge in [0.15, 0.2) is 11.5 Å². The van der Waals surface area contributed by atoms with E-state index < -0.39 is 17.9 Å². The Morgan fingerprint density at radius 2 is 1.47 bits per heavy atom. The zero-order valence-electron chi connectivity index (χ0n) is 18.9. The molecule has 0 saturated carbocycles. The molecule has 32 heavy (non-hydrogen) atoms. The molecule has 11 heteroatoms. The zero-order valence-corrected chi connectivity index (χ0v) is 19.6. The molecule has 0 aliphatic heterocycles. The molecule has 1 aromatic carbocycles. The van der Waals surface area contributed by atoms with E-state index in [1.807, 2.05) is 0 Å². The molecule has 0 bridgehead atoms. The Morgan fingerprint density at radius 3 is 1.88 bits per heavy atom. The minimum absolute atomic E-state index is 0.332. The number of carbonyl (C=O) groups excluding carboxylic acids is 1. The normalized spacial score (nSPS) is 10.1. The number of rotatable bonds is 13. The molecule has 0 atom stereocenters. The molecule has 0 spiro atoms. The SMILES string of the molecule is CCN(CCCCCCl)CCOC(=O)c1cc(OC)c(OC)c(OC)c1.O=C(O)C(=O)O. The number of carboxylic acids is 2. The van der Waals surface area contributed by atoms with Crippen LogP contribution in [0.4, 0.5) is 0 Å². The minimum Gasteiger partial charge on any atom is -0.493 e. The molecule has 0 aliphatic carbocycles. The third-order valence-corrected chi connectivity index (χ3v) is 4.55. The quantitative estimate of drug-likeness (QED) is 0.189. The summed E-state index contributed by atoms with van der Waals surface area (Å²) in [5, 5.41) is 14.8. The van der Waals surface area contributed by atoms with Gasteiger partial charge in [-0.1, -0.05) is 13.3 Å². The van der Waals surface area contributed by atoms with E-state index in [0.29, 0.717) is 41.8 Å². The predicted octanol–water partition coefficient (Wildman–Crippen LogP) is 2.76. The van der Waals surface area contributed by atoms with Crippen molar-refractivity contribution < 1.29 is 43.5 Å². The van der Waals surface area contributed by atoms with Gasteiger partial charge < -0.3 is 34.1 Å². The number of carboxylic acid groups (broad SMARTS) is 2. The first-order chi connectivity index (χ1) is 15.2. The van der Waals surface area contributed by atoms with E-state index in [-0.39, 0.29) is 0 Å². The number of nitrogens with zero attached hydrogens (tertiary/aromatic N) is 1. The van der Waals surface area contributed by atoms with Gasteiger partial charge in [-0.05, 0) is 38.1 Å². The van der Waals surface area contributed by atoms with Gasteiger partial charge in [0.1, 0.15) is 6.61 Å². The molecule has 0 fully saturated rings. The van der Waals surface area contributed by atoms with E-state index in [9.17, 15) is 4.79 Å². The van der Waals surface area contributed by atoms with Gasteiger partial charge in [0.25, 0.3) is 0 Å². The molecule has 1 rings (SSSR count). The maximum absolute atomic E-state index is 12.3. The monoisotopic (exact) mass is 477 g/mol. The van der Waals surface area contributed by atoms with E-state index >= 15 is 0 Å². The lowest BCUT2D eigenvalue weighted by atomic mass is 10.2. The maximum atomic E-state index is 12.3. The van der Waals surface area contributed by atoms with Crippen LogP contribution >= 0.6 is 11.6 Å². The van der Waals surface area contributed by atoms with E-state index in [1.165, 1.54) is 21.3 Å². The van der Waals surface area contributed by atoms with Crippen molar-refractivity contribution in [3.8, 4) is 17.2 Å². The second-order valence-corrected chi connectivity index (χ2v) is 6.72. The summed E-state index contributed by atoms with van der Waals surface area (Å²) >= 11 is 5.69. The average molecular weight is 478 g/mol. The Balaban J connectivity index is 0.00000140. The molecule has 182 valence electrons. The molecule has 0 unspecified atom stereocenters. The maximum Gasteiger partial charge on any atom is 0.414 e. The Morgan fingerprint density at radius 1 is 0.906 bits per heavy atom. The van der Waals surface area contributed by atoms with Gasteiger partial charge in [0.2, 0.25) is 5.75 Å². The first-order valence-corrected chi connectivity index (χ1v) is 10.5. The van der Waals surface area contributed by atoms with Crippen molar-refractivity contribution >= 4 is 29.5 Å². The third kappa shape index (κ3) is 11.1. The van der Waals surface area contributed by atoms with E-state index in [2.05, 4.69) is 11.8 Å². The molecule has 0 amide bonds. The fourth-order valence-electron chi connectivity index (χ4n) is 2.58. The molecule has 1 aromatic rings. The molecule has 0 heterocycles. The number of hydrogen-bond acceptors (Lipinski definition) is 8. The van der Waals surface area contributed by atoms with Crippen LogP contribution in [0.15, 0.2) is 12.1 Å². The number of likely N-dealkylation sites (N-methyl/N-ethyl adjacent to an activating group) is 1. The summed E-state index contributed by atoms with van der Waals surface area (Å²) in [5.41, 5.74) is 0.365. The number of alkyl halides is 1. The Kier molecular flexibility index (Phi) is 15.5. The summed E-state index contributed by atoms with van der Waals surface area (Å²) in [5.74, 6) is -2.06. The van der Waals surface area contributed by atoms with Gasteiger partial charge in [0.05, 0.1) is 26.9 Å². The minimum atomic E-state index is -1.82. The lowest BCUT2D eigenvalue weighted by Crippen LogP contribution is -2.29. The summed E-state index contributed by atoms with van der Waals surface area (Å²) in [4.78, 5) is 32.8. The summed E-state index contributed by atoms with van der Waals surface area (Å²) in [6.45, 7) is 5.03. The number of aliphatic carboxylic acids is 2. The van der Waals surface area contributed by atoms with E-state index in [1.54, 1.807) is 12.1 Å². The lowest BCUT2D eigenvalue weighted by Gasteiger charge is -2.20. The Labute approximate surface area is 193 Å². The van der Waals surface area contributed by atoms with Crippen molar-refractivity contribution in [3.05, 3.63) is 17.7 Å². The molecule has 0 saturated heterocycles. The summed E-state index contributed by atoms with van der Waals surface area (Å²) in [7, 11) is 4.54. The average Bonchev–Trinajstić information content (AvgIpc) is 2.79. The van der Waals surface area contributed by atoms with Crippen molar-refractivity contribution in [3.63, 3.8) is 0 Å². The Bertz CT molecular complexity index is 690. The van der Waals surface area contributed by atoms with Crippen LogP contribution in [0.1, 0.15) is 36.5 Å². The molecular formula is C21H32ClNO9. The van der Waals surface area contributed by atoms with Gasteiger partial charge in [-0.15, -0.1) is 11.6 Å².